The summed E-state index contributed by atoms with van der Waals surface area (Å²) in [6, 6.07) is 5.05. The topological polar surface area (TPSA) is 57.7 Å². The zero-order valence-corrected chi connectivity index (χ0v) is 15.5. The lowest BCUT2D eigenvalue weighted by Crippen LogP contribution is -2.44. The van der Waals surface area contributed by atoms with Gasteiger partial charge in [-0.2, -0.15) is 0 Å². The lowest BCUT2D eigenvalue weighted by atomic mass is 9.92. The van der Waals surface area contributed by atoms with Crippen molar-refractivity contribution in [2.45, 2.75) is 26.7 Å². The molecule has 0 N–H and O–H groups in total. The van der Waals surface area contributed by atoms with Gasteiger partial charge in [0.25, 0.3) is 11.8 Å². The number of amides is 3. The highest BCUT2D eigenvalue weighted by Gasteiger charge is 2.36. The third-order valence-electron chi connectivity index (χ3n) is 4.70. The van der Waals surface area contributed by atoms with Crippen LogP contribution >= 0.6 is 15.9 Å². The van der Waals surface area contributed by atoms with Crippen LogP contribution in [0.5, 0.6) is 0 Å². The highest BCUT2D eigenvalue weighted by molar-refractivity contribution is 9.10. The van der Waals surface area contributed by atoms with Crippen molar-refractivity contribution >= 4 is 33.7 Å². The van der Waals surface area contributed by atoms with Gasteiger partial charge in [-0.3, -0.25) is 19.3 Å². The van der Waals surface area contributed by atoms with Gasteiger partial charge in [0, 0.05) is 30.5 Å². The summed E-state index contributed by atoms with van der Waals surface area (Å²) in [5, 5.41) is 0. The molecule has 5 nitrogen and oxygen atoms in total. The molecular formula is C18H21BrN2O3. The van der Waals surface area contributed by atoms with Gasteiger partial charge in [0.2, 0.25) is 5.91 Å². The first-order valence-electron chi connectivity index (χ1n) is 8.30. The molecule has 1 fully saturated rings. The van der Waals surface area contributed by atoms with Crippen LogP contribution in [0.4, 0.5) is 0 Å². The molecule has 24 heavy (non-hydrogen) atoms. The molecular weight excluding hydrogens is 372 g/mol. The van der Waals surface area contributed by atoms with Gasteiger partial charge in [-0.25, -0.2) is 0 Å². The molecule has 3 amide bonds. The molecule has 128 valence electrons. The fraction of sp³-hybridized carbons (Fsp3) is 0.500. The number of imide groups is 1. The van der Waals surface area contributed by atoms with E-state index in [0.717, 1.165) is 24.0 Å². The smallest absolute Gasteiger partial charge is 0.261 e. The van der Waals surface area contributed by atoms with Crippen molar-refractivity contribution in [1.29, 1.82) is 0 Å². The standard InChI is InChI=1S/C18H21BrN2O3/c1-11-7-12(2)10-20(9-11)16(22)5-6-21-17(23)14-4-3-13(19)8-15(14)18(21)24/h3-4,8,11-12H,5-7,9-10H2,1-2H3/t11-,12-/m0/s1. The van der Waals surface area contributed by atoms with Crippen LogP contribution in [-0.2, 0) is 4.79 Å². The van der Waals surface area contributed by atoms with Crippen LogP contribution in [0.2, 0.25) is 0 Å². The van der Waals surface area contributed by atoms with E-state index in [9.17, 15) is 14.4 Å². The number of carbonyl (C=O) groups excluding carboxylic acids is 3. The van der Waals surface area contributed by atoms with Gasteiger partial charge in [-0.15, -0.1) is 0 Å². The Morgan fingerprint density at radius 1 is 1.12 bits per heavy atom. The highest BCUT2D eigenvalue weighted by atomic mass is 79.9. The number of carbonyl (C=O) groups is 3. The Kier molecular flexibility index (Phi) is 4.76. The predicted molar refractivity (Wildman–Crippen MR) is 93.7 cm³/mol. The molecule has 2 aliphatic heterocycles. The molecule has 1 saturated heterocycles. The van der Waals surface area contributed by atoms with Crippen molar-refractivity contribution in [3.8, 4) is 0 Å². The molecule has 6 heteroatoms. The van der Waals surface area contributed by atoms with E-state index in [-0.39, 0.29) is 30.7 Å². The molecule has 0 aromatic heterocycles. The Balaban J connectivity index is 1.64. The molecule has 0 spiro atoms. The fourth-order valence-corrected chi connectivity index (χ4v) is 4.06. The average Bonchev–Trinajstić information content (AvgIpc) is 2.75. The van der Waals surface area contributed by atoms with Crippen LogP contribution in [-0.4, -0.2) is 47.2 Å². The maximum absolute atomic E-state index is 12.5. The summed E-state index contributed by atoms with van der Waals surface area (Å²) in [4.78, 5) is 40.3. The van der Waals surface area contributed by atoms with Gasteiger partial charge in [0.15, 0.2) is 0 Å². The number of likely N-dealkylation sites (tertiary alicyclic amines) is 1. The first-order valence-corrected chi connectivity index (χ1v) is 9.09. The van der Waals surface area contributed by atoms with E-state index >= 15 is 0 Å². The second-order valence-corrected chi connectivity index (χ2v) is 7.86. The Bertz CT molecular complexity index is 694. The SMILES string of the molecule is C[C@H]1C[C@H](C)CN(C(=O)CCN2C(=O)c3ccc(Br)cc3C2=O)C1. The second-order valence-electron chi connectivity index (χ2n) is 6.95. The van der Waals surface area contributed by atoms with E-state index in [0.29, 0.717) is 23.0 Å². The van der Waals surface area contributed by atoms with Crippen LogP contribution in [0.1, 0.15) is 47.4 Å². The average molecular weight is 393 g/mol. The van der Waals surface area contributed by atoms with Crippen molar-refractivity contribution in [2.24, 2.45) is 11.8 Å². The van der Waals surface area contributed by atoms with Gasteiger partial charge in [0.1, 0.15) is 0 Å². The lowest BCUT2D eigenvalue weighted by molar-refractivity contribution is -0.133. The van der Waals surface area contributed by atoms with Crippen LogP contribution < -0.4 is 0 Å². The van der Waals surface area contributed by atoms with Crippen LogP contribution in [0.15, 0.2) is 22.7 Å². The van der Waals surface area contributed by atoms with Crippen molar-refractivity contribution in [2.75, 3.05) is 19.6 Å². The van der Waals surface area contributed by atoms with Crippen molar-refractivity contribution < 1.29 is 14.4 Å². The number of piperidine rings is 1. The van der Waals surface area contributed by atoms with Crippen LogP contribution in [0, 0.1) is 11.8 Å². The maximum Gasteiger partial charge on any atom is 0.261 e. The molecule has 3 rings (SSSR count). The quantitative estimate of drug-likeness (QED) is 0.742. The number of rotatable bonds is 3. The van der Waals surface area contributed by atoms with Crippen molar-refractivity contribution in [3.63, 3.8) is 0 Å². The first kappa shape index (κ1) is 17.1. The molecule has 0 saturated carbocycles. The number of hydrogen-bond acceptors (Lipinski definition) is 3. The number of fused-ring (bicyclic) bond motifs is 1. The number of nitrogens with zero attached hydrogens (tertiary/aromatic N) is 2. The van der Waals surface area contributed by atoms with Crippen molar-refractivity contribution in [3.05, 3.63) is 33.8 Å². The predicted octanol–water partition coefficient (Wildman–Crippen LogP) is 2.94. The molecule has 0 unspecified atom stereocenters. The summed E-state index contributed by atoms with van der Waals surface area (Å²) in [5.74, 6) is 0.384. The Hall–Kier alpha value is -1.69. The monoisotopic (exact) mass is 392 g/mol. The Morgan fingerprint density at radius 3 is 2.42 bits per heavy atom. The van der Waals surface area contributed by atoms with Gasteiger partial charge in [-0.1, -0.05) is 29.8 Å². The second kappa shape index (κ2) is 6.67. The minimum Gasteiger partial charge on any atom is -0.342 e. The Morgan fingerprint density at radius 2 is 1.75 bits per heavy atom. The van der Waals surface area contributed by atoms with Gasteiger partial charge < -0.3 is 4.90 Å². The number of hydrogen-bond donors (Lipinski definition) is 0. The molecule has 2 heterocycles. The molecule has 0 aliphatic carbocycles. The summed E-state index contributed by atoms with van der Waals surface area (Å²) in [6.45, 7) is 5.97. The number of benzene rings is 1. The maximum atomic E-state index is 12.5. The summed E-state index contributed by atoms with van der Waals surface area (Å²) in [5.41, 5.74) is 0.818. The summed E-state index contributed by atoms with van der Waals surface area (Å²) in [6.07, 6.45) is 1.32. The van der Waals surface area contributed by atoms with E-state index in [4.69, 9.17) is 0 Å². The van der Waals surface area contributed by atoms with E-state index in [1.807, 2.05) is 4.90 Å². The van der Waals surface area contributed by atoms with Crippen molar-refractivity contribution in [1.82, 2.24) is 9.80 Å². The number of halogens is 1. The van der Waals surface area contributed by atoms with E-state index in [1.165, 1.54) is 4.90 Å². The summed E-state index contributed by atoms with van der Waals surface area (Å²) >= 11 is 3.31. The van der Waals surface area contributed by atoms with Gasteiger partial charge >= 0.3 is 0 Å². The van der Waals surface area contributed by atoms with Crippen LogP contribution in [0.3, 0.4) is 0 Å². The third-order valence-corrected chi connectivity index (χ3v) is 5.20. The minimum atomic E-state index is -0.315. The third kappa shape index (κ3) is 3.24. The largest absolute Gasteiger partial charge is 0.342 e. The van der Waals surface area contributed by atoms with E-state index < -0.39 is 0 Å². The zero-order chi connectivity index (χ0) is 17.4. The van der Waals surface area contributed by atoms with Gasteiger partial charge in [-0.05, 0) is 36.5 Å². The molecule has 2 aliphatic rings. The molecule has 1 aromatic carbocycles. The first-order chi connectivity index (χ1) is 11.4. The van der Waals surface area contributed by atoms with Gasteiger partial charge in [0.05, 0.1) is 11.1 Å². The summed E-state index contributed by atoms with van der Waals surface area (Å²) < 4.78 is 0.761. The van der Waals surface area contributed by atoms with E-state index in [1.54, 1.807) is 18.2 Å². The lowest BCUT2D eigenvalue weighted by Gasteiger charge is -2.35. The summed E-state index contributed by atoms with van der Waals surface area (Å²) in [7, 11) is 0. The zero-order valence-electron chi connectivity index (χ0n) is 13.9. The minimum absolute atomic E-state index is 0.0196. The molecule has 1 aromatic rings. The normalized spacial score (nSPS) is 23.6. The molecule has 0 bridgehead atoms. The Labute approximate surface area is 150 Å². The van der Waals surface area contributed by atoms with E-state index in [2.05, 4.69) is 29.8 Å². The molecule has 2 atom stereocenters. The van der Waals surface area contributed by atoms with Crippen LogP contribution in [0.25, 0.3) is 0 Å². The highest BCUT2D eigenvalue weighted by Crippen LogP contribution is 2.26. The fourth-order valence-electron chi connectivity index (χ4n) is 3.70. The molecule has 0 radical (unpaired) electrons.